The molecule has 1 aromatic rings. The average molecular weight is 334 g/mol. The Bertz CT molecular complexity index is 712. The van der Waals surface area contributed by atoms with Gasteiger partial charge in [-0.25, -0.2) is 8.42 Å². The van der Waals surface area contributed by atoms with Crippen LogP contribution in [0.3, 0.4) is 0 Å². The number of nitrogens with zero attached hydrogens (tertiary/aromatic N) is 1. The van der Waals surface area contributed by atoms with Crippen molar-refractivity contribution in [2.24, 2.45) is 0 Å². The Morgan fingerprint density at radius 1 is 1.36 bits per heavy atom. The molecule has 1 aliphatic heterocycles. The number of alkyl halides is 3. The second-order valence-corrected chi connectivity index (χ2v) is 7.51. The van der Waals surface area contributed by atoms with Gasteiger partial charge in [0.25, 0.3) is 0 Å². The van der Waals surface area contributed by atoms with Crippen LogP contribution < -0.4 is 4.90 Å². The Morgan fingerprint density at radius 3 is 2.50 bits per heavy atom. The van der Waals surface area contributed by atoms with E-state index in [9.17, 15) is 21.6 Å². The standard InChI is InChI=1S/C14H17F3N2O2S/c1-3-10-6-12(14(15,16)17)7-11-8-22(20,21)5-4-19(9(2)18)13(10)11/h6-7,18H,3-5,8H2,1-2H3. The fourth-order valence-corrected chi connectivity index (χ4v) is 3.94. The second kappa shape index (κ2) is 5.57. The number of rotatable bonds is 1. The van der Waals surface area contributed by atoms with Crippen molar-refractivity contribution in [1.82, 2.24) is 0 Å². The van der Waals surface area contributed by atoms with Gasteiger partial charge in [0.2, 0.25) is 0 Å². The maximum absolute atomic E-state index is 13.0. The lowest BCUT2D eigenvalue weighted by atomic mass is 10.00. The summed E-state index contributed by atoms with van der Waals surface area (Å²) in [5.74, 6) is -0.487. The van der Waals surface area contributed by atoms with Gasteiger partial charge in [-0.15, -0.1) is 0 Å². The number of anilines is 1. The van der Waals surface area contributed by atoms with E-state index in [1.165, 1.54) is 11.8 Å². The Labute approximate surface area is 127 Å². The molecule has 1 N–H and O–H groups in total. The number of sulfone groups is 1. The summed E-state index contributed by atoms with van der Waals surface area (Å²) in [5, 5.41) is 7.80. The van der Waals surface area contributed by atoms with E-state index in [1.54, 1.807) is 6.92 Å². The highest BCUT2D eigenvalue weighted by molar-refractivity contribution is 7.90. The zero-order valence-electron chi connectivity index (χ0n) is 12.3. The molecule has 0 aliphatic carbocycles. The fraction of sp³-hybridized carbons (Fsp3) is 0.500. The van der Waals surface area contributed by atoms with Crippen molar-refractivity contribution in [2.75, 3.05) is 17.2 Å². The van der Waals surface area contributed by atoms with Crippen LogP contribution in [0.25, 0.3) is 0 Å². The van der Waals surface area contributed by atoms with Gasteiger partial charge in [0.05, 0.1) is 22.9 Å². The minimum absolute atomic E-state index is 0.0863. The lowest BCUT2D eigenvalue weighted by Crippen LogP contribution is -2.32. The molecule has 0 saturated carbocycles. The quantitative estimate of drug-likeness (QED) is 0.634. The molecule has 8 heteroatoms. The third kappa shape index (κ3) is 3.26. The SMILES string of the molecule is CCc1cc(C(F)(F)F)cc2c1N(C(C)=N)CCS(=O)(=O)C2. The van der Waals surface area contributed by atoms with Crippen molar-refractivity contribution >= 4 is 21.4 Å². The van der Waals surface area contributed by atoms with Gasteiger partial charge in [-0.05, 0) is 36.6 Å². The van der Waals surface area contributed by atoms with Crippen LogP contribution in [0.15, 0.2) is 12.1 Å². The van der Waals surface area contributed by atoms with E-state index in [4.69, 9.17) is 5.41 Å². The third-order valence-corrected chi connectivity index (χ3v) is 5.21. The van der Waals surface area contributed by atoms with Gasteiger partial charge < -0.3 is 4.90 Å². The summed E-state index contributed by atoms with van der Waals surface area (Å²) >= 11 is 0. The van der Waals surface area contributed by atoms with E-state index < -0.39 is 27.3 Å². The van der Waals surface area contributed by atoms with E-state index in [1.807, 2.05) is 0 Å². The van der Waals surface area contributed by atoms with Crippen molar-refractivity contribution in [1.29, 1.82) is 5.41 Å². The first-order chi connectivity index (χ1) is 10.0. The smallest absolute Gasteiger partial charge is 0.329 e. The molecule has 0 bridgehead atoms. The van der Waals surface area contributed by atoms with E-state index >= 15 is 0 Å². The first-order valence-corrected chi connectivity index (χ1v) is 8.63. The fourth-order valence-electron chi connectivity index (χ4n) is 2.64. The summed E-state index contributed by atoms with van der Waals surface area (Å²) < 4.78 is 63.0. The van der Waals surface area contributed by atoms with Gasteiger partial charge in [0, 0.05) is 12.2 Å². The molecule has 0 spiro atoms. The lowest BCUT2D eigenvalue weighted by Gasteiger charge is -2.26. The molecule has 0 atom stereocenters. The normalized spacial score (nSPS) is 17.8. The summed E-state index contributed by atoms with van der Waals surface area (Å²) in [5.41, 5.74) is 0.121. The summed E-state index contributed by atoms with van der Waals surface area (Å²) in [6.45, 7) is 3.30. The Morgan fingerprint density at radius 2 is 2.00 bits per heavy atom. The molecule has 0 radical (unpaired) electrons. The summed E-state index contributed by atoms with van der Waals surface area (Å²) in [7, 11) is -3.49. The number of amidine groups is 1. The van der Waals surface area contributed by atoms with Crippen molar-refractivity contribution in [3.63, 3.8) is 0 Å². The number of benzene rings is 1. The molecule has 0 amide bonds. The molecule has 0 fully saturated rings. The van der Waals surface area contributed by atoms with Gasteiger partial charge in [-0.1, -0.05) is 6.92 Å². The molecule has 0 unspecified atom stereocenters. The van der Waals surface area contributed by atoms with Crippen molar-refractivity contribution in [3.8, 4) is 0 Å². The summed E-state index contributed by atoms with van der Waals surface area (Å²) in [6, 6.07) is 1.94. The van der Waals surface area contributed by atoms with Crippen LogP contribution in [0, 0.1) is 5.41 Å². The number of halogens is 3. The molecule has 1 heterocycles. The monoisotopic (exact) mass is 334 g/mol. The second-order valence-electron chi connectivity index (χ2n) is 5.32. The molecule has 0 saturated heterocycles. The van der Waals surface area contributed by atoms with E-state index in [0.29, 0.717) is 17.7 Å². The zero-order chi connectivity index (χ0) is 16.7. The molecule has 0 aromatic heterocycles. The number of hydrogen-bond acceptors (Lipinski definition) is 3. The van der Waals surface area contributed by atoms with E-state index in [0.717, 1.165) is 12.1 Å². The zero-order valence-corrected chi connectivity index (χ0v) is 13.1. The van der Waals surface area contributed by atoms with Gasteiger partial charge in [-0.3, -0.25) is 5.41 Å². The first-order valence-electron chi connectivity index (χ1n) is 6.81. The molecule has 22 heavy (non-hydrogen) atoms. The maximum atomic E-state index is 13.0. The Balaban J connectivity index is 2.75. The van der Waals surface area contributed by atoms with E-state index in [2.05, 4.69) is 0 Å². The van der Waals surface area contributed by atoms with Gasteiger partial charge in [0.15, 0.2) is 9.84 Å². The topological polar surface area (TPSA) is 61.2 Å². The van der Waals surface area contributed by atoms with Crippen molar-refractivity contribution in [2.45, 2.75) is 32.2 Å². The predicted molar refractivity (Wildman–Crippen MR) is 79.1 cm³/mol. The molecule has 122 valence electrons. The van der Waals surface area contributed by atoms with Crippen LogP contribution in [0.5, 0.6) is 0 Å². The lowest BCUT2D eigenvalue weighted by molar-refractivity contribution is -0.137. The molecule has 4 nitrogen and oxygen atoms in total. The summed E-state index contributed by atoms with van der Waals surface area (Å²) in [6.07, 6.45) is -4.20. The van der Waals surface area contributed by atoms with Crippen molar-refractivity contribution in [3.05, 3.63) is 28.8 Å². The van der Waals surface area contributed by atoms with Gasteiger partial charge >= 0.3 is 6.18 Å². The highest BCUT2D eigenvalue weighted by atomic mass is 32.2. The van der Waals surface area contributed by atoms with Crippen LogP contribution in [0.2, 0.25) is 0 Å². The maximum Gasteiger partial charge on any atom is 0.416 e. The molecular weight excluding hydrogens is 317 g/mol. The third-order valence-electron chi connectivity index (χ3n) is 3.65. The van der Waals surface area contributed by atoms with Crippen LogP contribution in [-0.4, -0.2) is 26.6 Å². The first kappa shape index (κ1) is 16.8. The highest BCUT2D eigenvalue weighted by Gasteiger charge is 2.34. The van der Waals surface area contributed by atoms with Crippen LogP contribution >= 0.6 is 0 Å². The Kier molecular flexibility index (Phi) is 4.25. The van der Waals surface area contributed by atoms with Crippen LogP contribution in [-0.2, 0) is 28.2 Å². The van der Waals surface area contributed by atoms with Crippen molar-refractivity contribution < 1.29 is 21.6 Å². The van der Waals surface area contributed by atoms with Gasteiger partial charge in [0.1, 0.15) is 0 Å². The average Bonchev–Trinajstić information content (AvgIpc) is 2.51. The molecular formula is C14H17F3N2O2S. The number of nitrogens with one attached hydrogen (secondary N) is 1. The van der Waals surface area contributed by atoms with Gasteiger partial charge in [-0.2, -0.15) is 13.2 Å². The minimum Gasteiger partial charge on any atom is -0.329 e. The molecule has 1 aromatic carbocycles. The molecule has 1 aliphatic rings. The number of hydrogen-bond donors (Lipinski definition) is 1. The number of fused-ring (bicyclic) bond motifs is 1. The summed E-state index contributed by atoms with van der Waals surface area (Å²) in [4.78, 5) is 1.48. The van der Waals surface area contributed by atoms with Crippen LogP contribution in [0.4, 0.5) is 18.9 Å². The minimum atomic E-state index is -4.53. The molecule has 2 rings (SSSR count). The van der Waals surface area contributed by atoms with E-state index in [-0.39, 0.29) is 23.7 Å². The predicted octanol–water partition coefficient (Wildman–Crippen LogP) is 3.00. The largest absolute Gasteiger partial charge is 0.416 e. The van der Waals surface area contributed by atoms with Crippen LogP contribution in [0.1, 0.15) is 30.5 Å². The number of aryl methyl sites for hydroxylation is 1. The highest BCUT2D eigenvalue weighted by Crippen LogP contribution is 2.38. The Hall–Kier alpha value is -1.57.